The molecule has 0 N–H and O–H groups in total. The van der Waals surface area contributed by atoms with Gasteiger partial charge in [0.2, 0.25) is 0 Å². The summed E-state index contributed by atoms with van der Waals surface area (Å²) in [5.41, 5.74) is 2.85. The maximum absolute atomic E-state index is 11.9. The SMILES string of the molecule is CCOC(=O)C(=O)c1scc(-c2ccccc2)c1C. The Bertz CT molecular complexity index is 599. The van der Waals surface area contributed by atoms with Crippen molar-refractivity contribution in [1.29, 1.82) is 0 Å². The fourth-order valence-electron chi connectivity index (χ4n) is 1.83. The quantitative estimate of drug-likeness (QED) is 0.487. The Morgan fingerprint density at radius 2 is 1.89 bits per heavy atom. The first-order chi connectivity index (χ1) is 9.15. The van der Waals surface area contributed by atoms with Crippen molar-refractivity contribution >= 4 is 23.1 Å². The molecule has 0 bridgehead atoms. The van der Waals surface area contributed by atoms with Crippen molar-refractivity contribution in [1.82, 2.24) is 0 Å². The van der Waals surface area contributed by atoms with Gasteiger partial charge in [-0.1, -0.05) is 30.3 Å². The van der Waals surface area contributed by atoms with E-state index in [9.17, 15) is 9.59 Å². The molecule has 0 aliphatic carbocycles. The smallest absolute Gasteiger partial charge is 0.380 e. The van der Waals surface area contributed by atoms with Crippen molar-refractivity contribution in [3.63, 3.8) is 0 Å². The van der Waals surface area contributed by atoms with Gasteiger partial charge in [0.1, 0.15) is 0 Å². The summed E-state index contributed by atoms with van der Waals surface area (Å²) in [6.07, 6.45) is 0. The maximum atomic E-state index is 11.9. The standard InChI is InChI=1S/C15H14O3S/c1-3-18-15(17)13(16)14-10(2)12(9-19-14)11-7-5-4-6-8-11/h4-9H,3H2,1-2H3. The molecule has 2 aromatic rings. The number of thiophene rings is 1. The first kappa shape index (κ1) is 13.5. The molecule has 0 spiro atoms. The number of hydrogen-bond donors (Lipinski definition) is 0. The van der Waals surface area contributed by atoms with Crippen molar-refractivity contribution in [2.75, 3.05) is 6.61 Å². The monoisotopic (exact) mass is 274 g/mol. The third kappa shape index (κ3) is 2.74. The van der Waals surface area contributed by atoms with Crippen LogP contribution in [-0.4, -0.2) is 18.4 Å². The van der Waals surface area contributed by atoms with E-state index >= 15 is 0 Å². The zero-order chi connectivity index (χ0) is 13.8. The lowest BCUT2D eigenvalue weighted by Crippen LogP contribution is -2.17. The van der Waals surface area contributed by atoms with Gasteiger partial charge in [0.05, 0.1) is 11.5 Å². The number of carbonyl (C=O) groups excluding carboxylic acids is 2. The highest BCUT2D eigenvalue weighted by atomic mass is 32.1. The van der Waals surface area contributed by atoms with Gasteiger partial charge in [0, 0.05) is 0 Å². The van der Waals surface area contributed by atoms with E-state index in [1.807, 2.05) is 42.6 Å². The minimum Gasteiger partial charge on any atom is -0.460 e. The normalized spacial score (nSPS) is 10.2. The lowest BCUT2D eigenvalue weighted by Gasteiger charge is -2.02. The number of ketones is 1. The molecule has 1 aromatic heterocycles. The number of ether oxygens (including phenoxy) is 1. The topological polar surface area (TPSA) is 43.4 Å². The number of carbonyl (C=O) groups is 2. The number of hydrogen-bond acceptors (Lipinski definition) is 4. The predicted molar refractivity (Wildman–Crippen MR) is 75.5 cm³/mol. The molecule has 0 aliphatic heterocycles. The molecular weight excluding hydrogens is 260 g/mol. The van der Waals surface area contributed by atoms with Crippen LogP contribution in [-0.2, 0) is 9.53 Å². The van der Waals surface area contributed by atoms with Crippen LogP contribution < -0.4 is 0 Å². The third-order valence-corrected chi connectivity index (χ3v) is 3.87. The minimum absolute atomic E-state index is 0.209. The molecule has 0 fully saturated rings. The van der Waals surface area contributed by atoms with E-state index < -0.39 is 11.8 Å². The van der Waals surface area contributed by atoms with Crippen molar-refractivity contribution in [3.05, 3.63) is 46.2 Å². The summed E-state index contributed by atoms with van der Waals surface area (Å²) in [5.74, 6) is -1.35. The van der Waals surface area contributed by atoms with Gasteiger partial charge in [-0.3, -0.25) is 4.79 Å². The van der Waals surface area contributed by atoms with Gasteiger partial charge in [-0.15, -0.1) is 11.3 Å². The fourth-order valence-corrected chi connectivity index (χ4v) is 2.86. The molecule has 0 unspecified atom stereocenters. The van der Waals surface area contributed by atoms with Crippen molar-refractivity contribution in [3.8, 4) is 11.1 Å². The summed E-state index contributed by atoms with van der Waals surface area (Å²) < 4.78 is 4.75. The molecule has 98 valence electrons. The van der Waals surface area contributed by atoms with Gasteiger partial charge in [-0.2, -0.15) is 0 Å². The van der Waals surface area contributed by atoms with Crippen LogP contribution >= 0.6 is 11.3 Å². The second-order valence-electron chi connectivity index (χ2n) is 4.02. The van der Waals surface area contributed by atoms with Crippen LogP contribution in [0.2, 0.25) is 0 Å². The van der Waals surface area contributed by atoms with E-state index in [1.54, 1.807) is 6.92 Å². The minimum atomic E-state index is -0.785. The molecule has 1 aromatic carbocycles. The second-order valence-corrected chi connectivity index (χ2v) is 4.90. The molecule has 0 aliphatic rings. The molecule has 0 atom stereocenters. The molecular formula is C15H14O3S. The lowest BCUT2D eigenvalue weighted by atomic mass is 10.0. The molecule has 0 amide bonds. The van der Waals surface area contributed by atoms with E-state index in [0.29, 0.717) is 4.88 Å². The first-order valence-electron chi connectivity index (χ1n) is 6.00. The molecule has 19 heavy (non-hydrogen) atoms. The maximum Gasteiger partial charge on any atom is 0.380 e. The third-order valence-electron chi connectivity index (χ3n) is 2.79. The van der Waals surface area contributed by atoms with Crippen LogP contribution in [0.15, 0.2) is 35.7 Å². The van der Waals surface area contributed by atoms with E-state index in [2.05, 4.69) is 0 Å². The van der Waals surface area contributed by atoms with Crippen LogP contribution in [0.25, 0.3) is 11.1 Å². The summed E-state index contributed by atoms with van der Waals surface area (Å²) in [6.45, 7) is 3.74. The Hall–Kier alpha value is -1.94. The fraction of sp³-hybridized carbons (Fsp3) is 0.200. The van der Waals surface area contributed by atoms with Crippen molar-refractivity contribution in [2.45, 2.75) is 13.8 Å². The van der Waals surface area contributed by atoms with Crippen molar-refractivity contribution < 1.29 is 14.3 Å². The highest BCUT2D eigenvalue weighted by molar-refractivity contribution is 7.13. The van der Waals surface area contributed by atoms with E-state index in [1.165, 1.54) is 11.3 Å². The van der Waals surface area contributed by atoms with Crippen LogP contribution in [0.1, 0.15) is 22.2 Å². The Morgan fingerprint density at radius 3 is 2.53 bits per heavy atom. The van der Waals surface area contributed by atoms with Gasteiger partial charge >= 0.3 is 5.97 Å². The Labute approximate surface area is 115 Å². The van der Waals surface area contributed by atoms with E-state index in [-0.39, 0.29) is 6.61 Å². The van der Waals surface area contributed by atoms with Gasteiger partial charge in [0.15, 0.2) is 0 Å². The van der Waals surface area contributed by atoms with Crippen LogP contribution in [0.3, 0.4) is 0 Å². The van der Waals surface area contributed by atoms with Gasteiger partial charge in [0.25, 0.3) is 5.78 Å². The molecule has 3 nitrogen and oxygen atoms in total. The number of benzene rings is 1. The summed E-state index contributed by atoms with van der Waals surface area (Å²) >= 11 is 1.28. The molecule has 0 radical (unpaired) electrons. The van der Waals surface area contributed by atoms with Crippen LogP contribution in [0.4, 0.5) is 0 Å². The van der Waals surface area contributed by atoms with Gasteiger partial charge in [-0.05, 0) is 35.9 Å². The van der Waals surface area contributed by atoms with Gasteiger partial charge < -0.3 is 4.74 Å². The molecule has 0 saturated carbocycles. The number of rotatable bonds is 4. The highest BCUT2D eigenvalue weighted by Crippen LogP contribution is 2.31. The largest absolute Gasteiger partial charge is 0.460 e. The molecule has 1 heterocycles. The summed E-state index contributed by atoms with van der Waals surface area (Å²) in [6, 6.07) is 9.79. The average Bonchev–Trinajstić information content (AvgIpc) is 2.81. The van der Waals surface area contributed by atoms with E-state index in [4.69, 9.17) is 4.74 Å². The second kappa shape index (κ2) is 5.80. The van der Waals surface area contributed by atoms with Crippen LogP contribution in [0.5, 0.6) is 0 Å². The Kier molecular flexibility index (Phi) is 4.12. The Balaban J connectivity index is 2.34. The lowest BCUT2D eigenvalue weighted by molar-refractivity contribution is -0.137. The highest BCUT2D eigenvalue weighted by Gasteiger charge is 2.23. The summed E-state index contributed by atoms with van der Waals surface area (Å²) in [5, 5.41) is 1.90. The zero-order valence-corrected chi connectivity index (χ0v) is 11.6. The van der Waals surface area contributed by atoms with Gasteiger partial charge in [-0.25, -0.2) is 4.79 Å². The zero-order valence-electron chi connectivity index (χ0n) is 10.8. The molecule has 4 heteroatoms. The average molecular weight is 274 g/mol. The molecule has 0 saturated heterocycles. The number of Topliss-reactive ketones (excluding diaryl/α,β-unsaturated/α-hetero) is 1. The summed E-state index contributed by atoms with van der Waals surface area (Å²) in [4.78, 5) is 23.9. The number of esters is 1. The Morgan fingerprint density at radius 1 is 1.21 bits per heavy atom. The van der Waals surface area contributed by atoms with E-state index in [0.717, 1.165) is 16.7 Å². The van der Waals surface area contributed by atoms with Crippen LogP contribution in [0, 0.1) is 6.92 Å². The summed E-state index contributed by atoms with van der Waals surface area (Å²) in [7, 11) is 0. The van der Waals surface area contributed by atoms with Crippen molar-refractivity contribution in [2.24, 2.45) is 0 Å². The first-order valence-corrected chi connectivity index (χ1v) is 6.88. The predicted octanol–water partition coefficient (Wildman–Crippen LogP) is 3.47. The molecule has 2 rings (SSSR count).